The third-order valence-corrected chi connectivity index (χ3v) is 4.36. The quantitative estimate of drug-likeness (QED) is 0.835. The van der Waals surface area contributed by atoms with Crippen molar-refractivity contribution in [3.8, 4) is 0 Å². The molecule has 1 aliphatic heterocycles. The summed E-state index contributed by atoms with van der Waals surface area (Å²) in [5, 5.41) is 0. The molecule has 2 rings (SSSR count). The van der Waals surface area contributed by atoms with Gasteiger partial charge in [-0.25, -0.2) is 0 Å². The van der Waals surface area contributed by atoms with Crippen molar-refractivity contribution in [2.75, 3.05) is 39.8 Å². The molecule has 0 bridgehead atoms. The van der Waals surface area contributed by atoms with Crippen LogP contribution in [0.5, 0.6) is 0 Å². The summed E-state index contributed by atoms with van der Waals surface area (Å²) in [6, 6.07) is 1.77. The van der Waals surface area contributed by atoms with Crippen molar-refractivity contribution >= 4 is 11.8 Å². The molecule has 0 aromatic carbocycles. The summed E-state index contributed by atoms with van der Waals surface area (Å²) in [6.45, 7) is 1.32. The molecular weight excluding hydrogens is 353 g/mol. The minimum Gasteiger partial charge on any atom is -0.338 e. The Hall–Kier alpha value is -2.36. The molecule has 1 aliphatic rings. The van der Waals surface area contributed by atoms with Crippen LogP contribution >= 0.6 is 0 Å². The molecule has 7 nitrogen and oxygen atoms in total. The van der Waals surface area contributed by atoms with Gasteiger partial charge in [0, 0.05) is 38.4 Å². The van der Waals surface area contributed by atoms with Gasteiger partial charge in [-0.05, 0) is 20.0 Å². The van der Waals surface area contributed by atoms with Crippen molar-refractivity contribution in [3.63, 3.8) is 0 Å². The van der Waals surface area contributed by atoms with Gasteiger partial charge in [-0.3, -0.25) is 19.3 Å². The number of pyridine rings is 1. The van der Waals surface area contributed by atoms with Crippen LogP contribution in [0.3, 0.4) is 0 Å². The van der Waals surface area contributed by atoms with Crippen molar-refractivity contribution in [1.29, 1.82) is 0 Å². The van der Waals surface area contributed by atoms with E-state index in [1.54, 1.807) is 4.90 Å². The molecule has 1 aromatic heterocycles. The lowest BCUT2D eigenvalue weighted by molar-refractivity contribution is -0.155. The SMILES string of the molecule is CC(C(=O)N1CCN(C(=O)c2ccc(=O)[nH]c2)CC1)N(C)CC(F)(F)F. The Morgan fingerprint density at radius 1 is 1.19 bits per heavy atom. The van der Waals surface area contributed by atoms with E-state index in [1.807, 2.05) is 0 Å². The number of aromatic amines is 1. The van der Waals surface area contributed by atoms with Gasteiger partial charge in [0.05, 0.1) is 18.2 Å². The number of amides is 2. The molecule has 1 saturated heterocycles. The highest BCUT2D eigenvalue weighted by molar-refractivity contribution is 5.94. The fraction of sp³-hybridized carbons (Fsp3) is 0.562. The van der Waals surface area contributed by atoms with Crippen molar-refractivity contribution in [3.05, 3.63) is 34.2 Å². The fourth-order valence-corrected chi connectivity index (χ4v) is 2.73. The van der Waals surface area contributed by atoms with Crippen LogP contribution in [0.2, 0.25) is 0 Å². The highest BCUT2D eigenvalue weighted by atomic mass is 19.4. The minimum atomic E-state index is -4.37. The second-order valence-electron chi connectivity index (χ2n) is 6.27. The average molecular weight is 374 g/mol. The first kappa shape index (κ1) is 20.0. The number of carbonyl (C=O) groups is 2. The summed E-state index contributed by atoms with van der Waals surface area (Å²) < 4.78 is 37.4. The van der Waals surface area contributed by atoms with E-state index < -0.39 is 24.7 Å². The normalized spacial score (nSPS) is 16.7. The van der Waals surface area contributed by atoms with E-state index in [-0.39, 0.29) is 37.6 Å². The molecule has 0 aliphatic carbocycles. The van der Waals surface area contributed by atoms with Crippen molar-refractivity contribution in [2.24, 2.45) is 0 Å². The van der Waals surface area contributed by atoms with Gasteiger partial charge in [-0.15, -0.1) is 0 Å². The van der Waals surface area contributed by atoms with Crippen LogP contribution in [0.1, 0.15) is 17.3 Å². The monoisotopic (exact) mass is 374 g/mol. The maximum atomic E-state index is 12.5. The molecular formula is C16H21F3N4O3. The highest BCUT2D eigenvalue weighted by Gasteiger charge is 2.35. The summed E-state index contributed by atoms with van der Waals surface area (Å²) >= 11 is 0. The van der Waals surface area contributed by atoms with Gasteiger partial charge in [0.25, 0.3) is 5.91 Å². The van der Waals surface area contributed by atoms with E-state index in [2.05, 4.69) is 4.98 Å². The van der Waals surface area contributed by atoms with E-state index in [0.29, 0.717) is 5.56 Å². The summed E-state index contributed by atoms with van der Waals surface area (Å²) in [4.78, 5) is 42.2. The summed E-state index contributed by atoms with van der Waals surface area (Å²) in [7, 11) is 1.26. The molecule has 2 heterocycles. The zero-order chi connectivity index (χ0) is 19.5. The molecule has 10 heteroatoms. The van der Waals surface area contributed by atoms with E-state index in [1.165, 1.54) is 37.2 Å². The Labute approximate surface area is 148 Å². The van der Waals surface area contributed by atoms with Gasteiger partial charge in [0.1, 0.15) is 0 Å². The first-order valence-electron chi connectivity index (χ1n) is 8.12. The van der Waals surface area contributed by atoms with Gasteiger partial charge in [0.2, 0.25) is 11.5 Å². The number of hydrogen-bond donors (Lipinski definition) is 1. The number of nitrogens with zero attached hydrogens (tertiary/aromatic N) is 3. The zero-order valence-corrected chi connectivity index (χ0v) is 14.5. The topological polar surface area (TPSA) is 76.7 Å². The number of likely N-dealkylation sites (N-methyl/N-ethyl adjacent to an activating group) is 1. The van der Waals surface area contributed by atoms with E-state index in [0.717, 1.165) is 4.90 Å². The van der Waals surface area contributed by atoms with Crippen LogP contribution in [-0.2, 0) is 4.79 Å². The van der Waals surface area contributed by atoms with Crippen LogP contribution in [0.4, 0.5) is 13.2 Å². The van der Waals surface area contributed by atoms with Crippen LogP contribution in [-0.4, -0.2) is 83.5 Å². The molecule has 1 atom stereocenters. The minimum absolute atomic E-state index is 0.248. The number of aromatic nitrogens is 1. The van der Waals surface area contributed by atoms with Crippen LogP contribution in [0.25, 0.3) is 0 Å². The average Bonchev–Trinajstić information content (AvgIpc) is 2.59. The predicted octanol–water partition coefficient (Wildman–Crippen LogP) is 0.542. The molecule has 1 unspecified atom stereocenters. The molecule has 26 heavy (non-hydrogen) atoms. The number of nitrogens with one attached hydrogen (secondary N) is 1. The zero-order valence-electron chi connectivity index (χ0n) is 14.5. The standard InChI is InChI=1S/C16H21F3N4O3/c1-11(21(2)10-16(17,18)19)14(25)22-5-7-23(8-6-22)15(26)12-3-4-13(24)20-9-12/h3-4,9,11H,5-8,10H2,1-2H3,(H,20,24). The Morgan fingerprint density at radius 2 is 1.77 bits per heavy atom. The first-order chi connectivity index (χ1) is 12.1. The molecule has 0 radical (unpaired) electrons. The van der Waals surface area contributed by atoms with Crippen molar-refractivity contribution < 1.29 is 22.8 Å². The second-order valence-corrected chi connectivity index (χ2v) is 6.27. The lowest BCUT2D eigenvalue weighted by Gasteiger charge is -2.37. The van der Waals surface area contributed by atoms with Crippen molar-refractivity contribution in [2.45, 2.75) is 19.1 Å². The summed E-state index contributed by atoms with van der Waals surface area (Å²) in [5.74, 6) is -0.663. The molecule has 144 valence electrons. The number of piperazine rings is 1. The summed E-state index contributed by atoms with van der Waals surface area (Å²) in [6.07, 6.45) is -3.04. The number of rotatable bonds is 4. The fourth-order valence-electron chi connectivity index (χ4n) is 2.73. The molecule has 1 fully saturated rings. The lowest BCUT2D eigenvalue weighted by Crippen LogP contribution is -2.55. The Kier molecular flexibility index (Phi) is 6.06. The lowest BCUT2D eigenvalue weighted by atomic mass is 10.2. The van der Waals surface area contributed by atoms with E-state index in [9.17, 15) is 27.6 Å². The first-order valence-corrected chi connectivity index (χ1v) is 8.12. The number of carbonyl (C=O) groups excluding carboxylic acids is 2. The van der Waals surface area contributed by atoms with E-state index in [4.69, 9.17) is 0 Å². The van der Waals surface area contributed by atoms with Crippen molar-refractivity contribution in [1.82, 2.24) is 19.7 Å². The Morgan fingerprint density at radius 3 is 2.27 bits per heavy atom. The van der Waals surface area contributed by atoms with Crippen LogP contribution in [0.15, 0.2) is 23.1 Å². The molecule has 0 spiro atoms. The third-order valence-electron chi connectivity index (χ3n) is 4.36. The van der Waals surface area contributed by atoms with Crippen LogP contribution < -0.4 is 5.56 Å². The van der Waals surface area contributed by atoms with Gasteiger partial charge in [0.15, 0.2) is 0 Å². The molecule has 0 saturated carbocycles. The van der Waals surface area contributed by atoms with Gasteiger partial charge in [-0.2, -0.15) is 13.2 Å². The van der Waals surface area contributed by atoms with Gasteiger partial charge in [-0.1, -0.05) is 0 Å². The summed E-state index contributed by atoms with van der Waals surface area (Å²) in [5.41, 5.74) is 0.0246. The Bertz CT molecular complexity index is 691. The molecule has 2 amide bonds. The Balaban J connectivity index is 1.91. The smallest absolute Gasteiger partial charge is 0.338 e. The van der Waals surface area contributed by atoms with Gasteiger partial charge < -0.3 is 14.8 Å². The number of alkyl halides is 3. The molecule has 1 aromatic rings. The predicted molar refractivity (Wildman–Crippen MR) is 87.7 cm³/mol. The third kappa shape index (κ3) is 5.07. The number of hydrogen-bond acceptors (Lipinski definition) is 4. The largest absolute Gasteiger partial charge is 0.401 e. The molecule has 1 N–H and O–H groups in total. The maximum Gasteiger partial charge on any atom is 0.401 e. The number of H-pyrrole nitrogens is 1. The number of halogens is 3. The van der Waals surface area contributed by atoms with Gasteiger partial charge >= 0.3 is 6.18 Å². The van der Waals surface area contributed by atoms with Crippen LogP contribution in [0, 0.1) is 0 Å². The second kappa shape index (κ2) is 7.90. The highest BCUT2D eigenvalue weighted by Crippen LogP contribution is 2.18. The maximum absolute atomic E-state index is 12.5. The van der Waals surface area contributed by atoms with E-state index >= 15 is 0 Å².